The summed E-state index contributed by atoms with van der Waals surface area (Å²) in [4.78, 5) is 40.7. The number of carbonyl (C=O) groups excluding carboxylic acids is 3. The van der Waals surface area contributed by atoms with Crippen molar-refractivity contribution in [3.05, 3.63) is 18.0 Å². The van der Waals surface area contributed by atoms with Gasteiger partial charge in [0.05, 0.1) is 6.20 Å². The molecule has 0 atom stereocenters. The quantitative estimate of drug-likeness (QED) is 0.797. The Morgan fingerprint density at radius 3 is 2.50 bits per heavy atom. The molecule has 2 aliphatic rings. The van der Waals surface area contributed by atoms with E-state index < -0.39 is 11.6 Å². The number of nitrogens with one attached hydrogen (secondary N) is 1. The fraction of sp³-hybridized carbons (Fsp3) is 0.700. The predicted octanol–water partition coefficient (Wildman–Crippen LogP) is 1.91. The fourth-order valence-corrected chi connectivity index (χ4v) is 4.31. The lowest BCUT2D eigenvalue weighted by Gasteiger charge is -2.40. The summed E-state index contributed by atoms with van der Waals surface area (Å²) in [5, 5.41) is 6.98. The van der Waals surface area contributed by atoms with E-state index in [1.165, 1.54) is 4.90 Å². The van der Waals surface area contributed by atoms with Crippen LogP contribution in [0.1, 0.15) is 52.0 Å². The van der Waals surface area contributed by atoms with Gasteiger partial charge in [0.1, 0.15) is 12.1 Å². The molecule has 3 rings (SSSR count). The molecule has 1 saturated carbocycles. The molecule has 8 nitrogen and oxygen atoms in total. The summed E-state index contributed by atoms with van der Waals surface area (Å²) >= 11 is 0. The number of likely N-dealkylation sites (N-methyl/N-ethyl adjacent to an activating group) is 1. The third-order valence-corrected chi connectivity index (χ3v) is 6.21. The lowest BCUT2D eigenvalue weighted by atomic mass is 9.67. The van der Waals surface area contributed by atoms with Crippen LogP contribution in [0.4, 0.5) is 4.79 Å². The molecule has 1 aromatic heterocycles. The van der Waals surface area contributed by atoms with Crippen LogP contribution in [0.5, 0.6) is 0 Å². The van der Waals surface area contributed by atoms with Crippen molar-refractivity contribution in [3.8, 4) is 0 Å². The molecule has 8 heteroatoms. The summed E-state index contributed by atoms with van der Waals surface area (Å²) in [5.74, 6) is 0.00453. The van der Waals surface area contributed by atoms with Crippen molar-refractivity contribution in [2.45, 2.75) is 58.5 Å². The Labute approximate surface area is 166 Å². The summed E-state index contributed by atoms with van der Waals surface area (Å²) in [7, 11) is 3.48. The second-order valence-corrected chi connectivity index (χ2v) is 9.32. The summed E-state index contributed by atoms with van der Waals surface area (Å²) in [6.07, 6.45) is 6.60. The number of imide groups is 1. The van der Waals surface area contributed by atoms with Crippen LogP contribution >= 0.6 is 0 Å². The average molecular weight is 390 g/mol. The fourth-order valence-electron chi connectivity index (χ4n) is 4.31. The van der Waals surface area contributed by atoms with Crippen LogP contribution in [-0.2, 0) is 23.2 Å². The van der Waals surface area contributed by atoms with Crippen molar-refractivity contribution in [1.29, 1.82) is 0 Å². The molecule has 0 aromatic carbocycles. The van der Waals surface area contributed by atoms with Crippen molar-refractivity contribution in [1.82, 2.24) is 24.9 Å². The van der Waals surface area contributed by atoms with Crippen LogP contribution < -0.4 is 5.32 Å². The molecule has 2 heterocycles. The minimum Gasteiger partial charge on any atom is -0.340 e. The third kappa shape index (κ3) is 3.91. The molecule has 1 spiro atoms. The summed E-state index contributed by atoms with van der Waals surface area (Å²) in [5.41, 5.74) is 0.256. The number of aromatic nitrogens is 2. The monoisotopic (exact) mass is 389 g/mol. The molecule has 1 aliphatic carbocycles. The first kappa shape index (κ1) is 20.4. The van der Waals surface area contributed by atoms with E-state index in [0.717, 1.165) is 23.3 Å². The van der Waals surface area contributed by atoms with Gasteiger partial charge < -0.3 is 10.2 Å². The third-order valence-electron chi connectivity index (χ3n) is 6.21. The van der Waals surface area contributed by atoms with Gasteiger partial charge in [-0.05, 0) is 37.0 Å². The van der Waals surface area contributed by atoms with Crippen molar-refractivity contribution >= 4 is 17.8 Å². The second kappa shape index (κ2) is 7.22. The number of rotatable bonds is 4. The largest absolute Gasteiger partial charge is 0.340 e. The first-order valence-electron chi connectivity index (χ1n) is 9.87. The number of hydrogen-bond acceptors (Lipinski definition) is 4. The van der Waals surface area contributed by atoms with E-state index >= 15 is 0 Å². The van der Waals surface area contributed by atoms with Crippen LogP contribution in [0.25, 0.3) is 0 Å². The number of hydrogen-bond donors (Lipinski definition) is 1. The Morgan fingerprint density at radius 2 is 1.96 bits per heavy atom. The standard InChI is InChI=1S/C20H31N5O3/c1-19(2,3)15-6-8-20(9-7-15)17(27)25(18(28)22-20)13-16(26)23(4)11-14-10-21-24(5)12-14/h10,12,15H,6-9,11,13H2,1-5H3,(H,22,28). The van der Waals surface area contributed by atoms with Gasteiger partial charge >= 0.3 is 6.03 Å². The Hall–Kier alpha value is -2.38. The van der Waals surface area contributed by atoms with E-state index in [-0.39, 0.29) is 23.8 Å². The molecule has 4 amide bonds. The van der Waals surface area contributed by atoms with Crippen molar-refractivity contribution < 1.29 is 14.4 Å². The molecule has 0 radical (unpaired) electrons. The van der Waals surface area contributed by atoms with Gasteiger partial charge in [-0.25, -0.2) is 4.79 Å². The highest BCUT2D eigenvalue weighted by atomic mass is 16.2. The summed E-state index contributed by atoms with van der Waals surface area (Å²) in [6.45, 7) is 6.80. The van der Waals surface area contributed by atoms with Crippen LogP contribution in [0.2, 0.25) is 0 Å². The highest BCUT2D eigenvalue weighted by Crippen LogP contribution is 2.43. The number of aryl methyl sites for hydroxylation is 1. The van der Waals surface area contributed by atoms with Gasteiger partial charge in [-0.15, -0.1) is 0 Å². The number of amides is 4. The van der Waals surface area contributed by atoms with Gasteiger partial charge in [0.25, 0.3) is 5.91 Å². The van der Waals surface area contributed by atoms with Gasteiger partial charge in [-0.1, -0.05) is 20.8 Å². The van der Waals surface area contributed by atoms with Gasteiger partial charge in [0, 0.05) is 32.4 Å². The van der Waals surface area contributed by atoms with E-state index in [1.54, 1.807) is 17.9 Å². The molecule has 1 aliphatic heterocycles. The van der Waals surface area contributed by atoms with Gasteiger partial charge in [-0.3, -0.25) is 19.2 Å². The molecule has 1 N–H and O–H groups in total. The highest BCUT2D eigenvalue weighted by molar-refractivity contribution is 6.09. The first-order valence-corrected chi connectivity index (χ1v) is 9.87. The zero-order valence-corrected chi connectivity index (χ0v) is 17.5. The molecule has 0 bridgehead atoms. The van der Waals surface area contributed by atoms with Crippen molar-refractivity contribution in [3.63, 3.8) is 0 Å². The Kier molecular flexibility index (Phi) is 5.25. The van der Waals surface area contributed by atoms with E-state index in [9.17, 15) is 14.4 Å². The van der Waals surface area contributed by atoms with Gasteiger partial charge in [-0.2, -0.15) is 5.10 Å². The molecule has 1 saturated heterocycles. The Balaban J connectivity index is 1.61. The van der Waals surface area contributed by atoms with Crippen LogP contribution in [0.15, 0.2) is 12.4 Å². The highest BCUT2D eigenvalue weighted by Gasteiger charge is 2.53. The zero-order valence-electron chi connectivity index (χ0n) is 17.5. The number of carbonyl (C=O) groups is 3. The van der Waals surface area contributed by atoms with E-state index in [1.807, 2.05) is 13.2 Å². The minimum absolute atomic E-state index is 0.192. The number of urea groups is 1. The van der Waals surface area contributed by atoms with Gasteiger partial charge in [0.2, 0.25) is 5.91 Å². The molecule has 154 valence electrons. The summed E-state index contributed by atoms with van der Waals surface area (Å²) in [6, 6.07) is -0.456. The molecule has 0 unspecified atom stereocenters. The lowest BCUT2D eigenvalue weighted by molar-refractivity contribution is -0.139. The van der Waals surface area contributed by atoms with E-state index in [2.05, 4.69) is 31.2 Å². The first-order chi connectivity index (χ1) is 13.0. The molecule has 2 fully saturated rings. The Morgan fingerprint density at radius 1 is 1.32 bits per heavy atom. The average Bonchev–Trinajstić information content (AvgIpc) is 3.11. The maximum absolute atomic E-state index is 13.0. The topological polar surface area (TPSA) is 87.5 Å². The van der Waals surface area contributed by atoms with Crippen molar-refractivity contribution in [2.75, 3.05) is 13.6 Å². The maximum atomic E-state index is 13.0. The SMILES string of the molecule is CN(Cc1cnn(C)c1)C(=O)CN1C(=O)NC2(CCC(C(C)(C)C)CC2)C1=O. The van der Waals surface area contributed by atoms with Crippen LogP contribution in [0, 0.1) is 11.3 Å². The molecular weight excluding hydrogens is 358 g/mol. The van der Waals surface area contributed by atoms with Crippen LogP contribution in [-0.4, -0.2) is 56.6 Å². The number of nitrogens with zero attached hydrogens (tertiary/aromatic N) is 4. The molecular formula is C20H31N5O3. The predicted molar refractivity (Wildman–Crippen MR) is 104 cm³/mol. The van der Waals surface area contributed by atoms with Crippen LogP contribution in [0.3, 0.4) is 0 Å². The smallest absolute Gasteiger partial charge is 0.325 e. The van der Waals surface area contributed by atoms with E-state index in [4.69, 9.17) is 0 Å². The second-order valence-electron chi connectivity index (χ2n) is 9.32. The minimum atomic E-state index is -0.832. The normalized spacial score (nSPS) is 25.3. The lowest BCUT2D eigenvalue weighted by Crippen LogP contribution is -2.51. The molecule has 28 heavy (non-hydrogen) atoms. The van der Waals surface area contributed by atoms with E-state index in [0.29, 0.717) is 25.3 Å². The maximum Gasteiger partial charge on any atom is 0.325 e. The molecule has 1 aromatic rings. The van der Waals surface area contributed by atoms with Crippen molar-refractivity contribution in [2.24, 2.45) is 18.4 Å². The van der Waals surface area contributed by atoms with Gasteiger partial charge in [0.15, 0.2) is 0 Å². The summed E-state index contributed by atoms with van der Waals surface area (Å²) < 4.78 is 1.67. The Bertz CT molecular complexity index is 771. The zero-order chi connectivity index (χ0) is 20.7.